The first-order chi connectivity index (χ1) is 12.0. The number of carbonyl (C=O) groups is 1. The Morgan fingerprint density at radius 3 is 2.60 bits per heavy atom. The van der Waals surface area contributed by atoms with Gasteiger partial charge in [-0.15, -0.1) is 11.3 Å². The summed E-state index contributed by atoms with van der Waals surface area (Å²) in [6, 6.07) is 1.55. The van der Waals surface area contributed by atoms with Gasteiger partial charge >= 0.3 is 5.69 Å². The molecule has 1 aromatic heterocycles. The van der Waals surface area contributed by atoms with Crippen LogP contribution in [0.1, 0.15) is 9.67 Å². The summed E-state index contributed by atoms with van der Waals surface area (Å²) in [5.41, 5.74) is -0.259. The van der Waals surface area contributed by atoms with Crippen LogP contribution in [0.2, 0.25) is 5.02 Å². The van der Waals surface area contributed by atoms with Crippen LogP contribution in [0, 0.1) is 10.1 Å². The second-order valence-electron chi connectivity index (χ2n) is 5.24. The summed E-state index contributed by atoms with van der Waals surface area (Å²) in [6.07, 6.45) is 0. The monoisotopic (exact) mass is 386 g/mol. The molecule has 0 saturated carbocycles. The van der Waals surface area contributed by atoms with Gasteiger partial charge in [-0.3, -0.25) is 14.9 Å². The molecule has 0 unspecified atom stereocenters. The van der Waals surface area contributed by atoms with Crippen molar-refractivity contribution in [3.63, 3.8) is 0 Å². The number of nitro benzene ring substituents is 1. The van der Waals surface area contributed by atoms with Crippen molar-refractivity contribution in [1.82, 2.24) is 4.90 Å². The molecule has 134 valence electrons. The highest BCUT2D eigenvalue weighted by Gasteiger charge is 2.31. The Labute approximate surface area is 152 Å². The van der Waals surface area contributed by atoms with Crippen LogP contribution in [-0.4, -0.2) is 56.3 Å². The van der Waals surface area contributed by atoms with Crippen molar-refractivity contribution in [2.75, 3.05) is 40.5 Å². The van der Waals surface area contributed by atoms with E-state index in [0.29, 0.717) is 31.7 Å². The van der Waals surface area contributed by atoms with E-state index >= 15 is 0 Å². The molecule has 1 fully saturated rings. The quantitative estimate of drug-likeness (QED) is 0.592. The molecule has 1 aliphatic rings. The first-order valence-electron chi connectivity index (χ1n) is 7.38. The Kier molecular flexibility index (Phi) is 4.98. The van der Waals surface area contributed by atoms with Crippen molar-refractivity contribution in [2.45, 2.75) is 0 Å². The largest absolute Gasteiger partial charge is 0.493 e. The Morgan fingerprint density at radius 2 is 2.04 bits per heavy atom. The number of ether oxygens (including phenoxy) is 3. The summed E-state index contributed by atoms with van der Waals surface area (Å²) in [4.78, 5) is 25.7. The Balaban J connectivity index is 2.20. The lowest BCUT2D eigenvalue weighted by Crippen LogP contribution is -2.40. The van der Waals surface area contributed by atoms with Gasteiger partial charge in [0, 0.05) is 18.5 Å². The van der Waals surface area contributed by atoms with E-state index in [0.717, 1.165) is 11.3 Å². The third kappa shape index (κ3) is 2.99. The van der Waals surface area contributed by atoms with Crippen molar-refractivity contribution < 1.29 is 23.9 Å². The number of morpholine rings is 1. The number of nitrogens with zero attached hydrogens (tertiary/aromatic N) is 2. The molecule has 8 nitrogen and oxygen atoms in total. The fourth-order valence-electron chi connectivity index (χ4n) is 2.71. The minimum Gasteiger partial charge on any atom is -0.493 e. The van der Waals surface area contributed by atoms with Gasteiger partial charge in [-0.05, 0) is 6.07 Å². The van der Waals surface area contributed by atoms with Gasteiger partial charge in [0.15, 0.2) is 5.75 Å². The highest BCUT2D eigenvalue weighted by Crippen LogP contribution is 2.49. The van der Waals surface area contributed by atoms with Crippen LogP contribution in [0.3, 0.4) is 0 Å². The summed E-state index contributed by atoms with van der Waals surface area (Å²) in [6.45, 7) is 1.82. The predicted octanol–water partition coefficient (Wildman–Crippen LogP) is 2.95. The number of fused-ring (bicyclic) bond motifs is 1. The number of carbonyl (C=O) groups excluding carboxylic acids is 1. The van der Waals surface area contributed by atoms with Gasteiger partial charge in [0.2, 0.25) is 5.75 Å². The molecule has 1 aromatic carbocycles. The maximum atomic E-state index is 12.7. The number of methoxy groups -OCH3 is 2. The smallest absolute Gasteiger partial charge is 0.332 e. The second-order valence-corrected chi connectivity index (χ2v) is 6.64. The second kappa shape index (κ2) is 7.03. The zero-order valence-electron chi connectivity index (χ0n) is 13.5. The number of hydrogen-bond donors (Lipinski definition) is 0. The minimum absolute atomic E-state index is 0.00304. The molecule has 0 radical (unpaired) electrons. The number of benzene rings is 1. The number of rotatable bonds is 4. The van der Waals surface area contributed by atoms with E-state index in [4.69, 9.17) is 25.8 Å². The van der Waals surface area contributed by atoms with Crippen molar-refractivity contribution >= 4 is 44.6 Å². The molecule has 25 heavy (non-hydrogen) atoms. The normalized spacial score (nSPS) is 14.6. The van der Waals surface area contributed by atoms with E-state index in [1.54, 1.807) is 11.0 Å². The first-order valence-corrected chi connectivity index (χ1v) is 8.57. The van der Waals surface area contributed by atoms with Gasteiger partial charge < -0.3 is 19.1 Å². The van der Waals surface area contributed by atoms with Gasteiger partial charge in [0.05, 0.1) is 37.4 Å². The summed E-state index contributed by atoms with van der Waals surface area (Å²) < 4.78 is 15.9. The van der Waals surface area contributed by atoms with Crippen LogP contribution < -0.4 is 9.47 Å². The lowest BCUT2D eigenvalue weighted by Gasteiger charge is -2.26. The number of halogens is 1. The van der Waals surface area contributed by atoms with Crippen LogP contribution in [-0.2, 0) is 4.74 Å². The number of hydrogen-bond acceptors (Lipinski definition) is 7. The van der Waals surface area contributed by atoms with Crippen molar-refractivity contribution in [2.24, 2.45) is 0 Å². The predicted molar refractivity (Wildman–Crippen MR) is 93.3 cm³/mol. The molecule has 3 rings (SSSR count). The average molecular weight is 387 g/mol. The molecular weight excluding hydrogens is 372 g/mol. The minimum atomic E-state index is -0.556. The molecule has 0 N–H and O–H groups in total. The standard InChI is InChI=1S/C15H15ClN2O6S/c1-22-9-7-8-10(16)14(15(19)17-3-5-24-6-4-17)25-13(8)11(18(20)21)12(9)23-2/h7H,3-6H2,1-2H3. The maximum absolute atomic E-state index is 12.7. The lowest BCUT2D eigenvalue weighted by molar-refractivity contribution is -0.383. The third-order valence-electron chi connectivity index (χ3n) is 3.91. The Morgan fingerprint density at radius 1 is 1.36 bits per heavy atom. The van der Waals surface area contributed by atoms with Crippen LogP contribution >= 0.6 is 22.9 Å². The number of amides is 1. The van der Waals surface area contributed by atoms with Crippen molar-refractivity contribution in [3.8, 4) is 11.5 Å². The lowest BCUT2D eigenvalue weighted by atomic mass is 10.2. The summed E-state index contributed by atoms with van der Waals surface area (Å²) >= 11 is 7.37. The van der Waals surface area contributed by atoms with Crippen LogP contribution in [0.5, 0.6) is 11.5 Å². The zero-order valence-corrected chi connectivity index (χ0v) is 15.1. The van der Waals surface area contributed by atoms with Gasteiger partial charge in [0.1, 0.15) is 9.58 Å². The number of thiophene rings is 1. The van der Waals surface area contributed by atoms with E-state index in [9.17, 15) is 14.9 Å². The molecule has 1 amide bonds. The summed E-state index contributed by atoms with van der Waals surface area (Å²) in [5.74, 6) is -0.0724. The Hall–Kier alpha value is -2.10. The van der Waals surface area contributed by atoms with Gasteiger partial charge in [-0.25, -0.2) is 0 Å². The topological polar surface area (TPSA) is 91.1 Å². The molecule has 0 bridgehead atoms. The SMILES string of the molecule is COc1cc2c(Cl)c(C(=O)N3CCOCC3)sc2c([N+](=O)[O-])c1OC. The highest BCUT2D eigenvalue weighted by atomic mass is 35.5. The summed E-state index contributed by atoms with van der Waals surface area (Å²) in [7, 11) is 2.71. The van der Waals surface area contributed by atoms with E-state index in [2.05, 4.69) is 0 Å². The summed E-state index contributed by atoms with van der Waals surface area (Å²) in [5, 5.41) is 12.2. The Bertz CT molecular complexity index is 846. The van der Waals surface area contributed by atoms with E-state index in [-0.39, 0.29) is 37.7 Å². The molecule has 1 aliphatic heterocycles. The van der Waals surface area contributed by atoms with E-state index in [1.165, 1.54) is 14.2 Å². The molecular formula is C15H15ClN2O6S. The zero-order chi connectivity index (χ0) is 18.1. The fourth-order valence-corrected chi connectivity index (χ4v) is 4.26. The molecule has 2 heterocycles. The fraction of sp³-hybridized carbons (Fsp3) is 0.400. The van der Waals surface area contributed by atoms with Gasteiger partial charge in [0.25, 0.3) is 5.91 Å². The van der Waals surface area contributed by atoms with E-state index in [1.807, 2.05) is 0 Å². The maximum Gasteiger partial charge on any atom is 0.332 e. The molecule has 0 spiro atoms. The first kappa shape index (κ1) is 17.7. The van der Waals surface area contributed by atoms with Crippen molar-refractivity contribution in [3.05, 3.63) is 26.1 Å². The average Bonchev–Trinajstić information content (AvgIpc) is 2.96. The van der Waals surface area contributed by atoms with Crippen LogP contribution in [0.25, 0.3) is 10.1 Å². The molecule has 2 aromatic rings. The van der Waals surface area contributed by atoms with Crippen LogP contribution in [0.15, 0.2) is 6.07 Å². The third-order valence-corrected chi connectivity index (χ3v) is 5.62. The number of nitro groups is 1. The molecule has 0 atom stereocenters. The van der Waals surface area contributed by atoms with Crippen LogP contribution in [0.4, 0.5) is 5.69 Å². The van der Waals surface area contributed by atoms with E-state index < -0.39 is 4.92 Å². The van der Waals surface area contributed by atoms with Gasteiger partial charge in [-0.2, -0.15) is 0 Å². The molecule has 0 aliphatic carbocycles. The van der Waals surface area contributed by atoms with Crippen molar-refractivity contribution in [1.29, 1.82) is 0 Å². The highest BCUT2D eigenvalue weighted by molar-refractivity contribution is 7.22. The molecule has 10 heteroatoms. The van der Waals surface area contributed by atoms with Gasteiger partial charge in [-0.1, -0.05) is 11.6 Å². The molecule has 1 saturated heterocycles.